The molecule has 0 unspecified atom stereocenters. The van der Waals surface area contributed by atoms with Crippen LogP contribution < -0.4 is 4.90 Å². The van der Waals surface area contributed by atoms with Gasteiger partial charge < -0.3 is 13.9 Å². The second kappa shape index (κ2) is 14.5. The molecule has 0 saturated carbocycles. The van der Waals surface area contributed by atoms with Gasteiger partial charge in [0, 0.05) is 69.7 Å². The van der Waals surface area contributed by atoms with E-state index in [4.69, 9.17) is 4.42 Å². The first kappa shape index (κ1) is 37.0. The molecule has 0 N–H and O–H groups in total. The number of aromatic nitrogens is 1. The number of hydrogen-bond acceptors (Lipinski definition) is 3. The Morgan fingerprint density at radius 1 is 0.364 bits per heavy atom. The fraction of sp³-hybridized carbons (Fsp3) is 0. The minimum Gasteiger partial charge on any atom is -0.455 e. The van der Waals surface area contributed by atoms with Crippen LogP contribution in [0.15, 0.2) is 235 Å². The van der Waals surface area contributed by atoms with Crippen LogP contribution in [-0.4, -0.2) is 4.57 Å². The van der Waals surface area contributed by atoms with Gasteiger partial charge in [-0.25, -0.2) is 0 Å². The van der Waals surface area contributed by atoms with E-state index in [1.54, 1.807) is 0 Å². The molecule has 3 nitrogen and oxygen atoms in total. The minimum atomic E-state index is 0.870. The number of furan rings is 1. The third-order valence-corrected chi connectivity index (χ3v) is 14.7. The van der Waals surface area contributed by atoms with Gasteiger partial charge in [-0.2, -0.15) is 0 Å². The topological polar surface area (TPSA) is 21.3 Å². The van der Waals surface area contributed by atoms with E-state index in [0.29, 0.717) is 0 Å². The summed E-state index contributed by atoms with van der Waals surface area (Å²) in [5.41, 5.74) is 12.9. The van der Waals surface area contributed by atoms with Crippen LogP contribution in [0.4, 0.5) is 17.1 Å². The van der Waals surface area contributed by atoms with Gasteiger partial charge >= 0.3 is 0 Å². The molecule has 0 radical (unpaired) electrons. The summed E-state index contributed by atoms with van der Waals surface area (Å²) in [6, 6.07) is 84.1. The molecular formula is C62H38N2OS. The monoisotopic (exact) mass is 858 g/mol. The molecule has 0 saturated heterocycles. The fourth-order valence-corrected chi connectivity index (χ4v) is 11.6. The lowest BCUT2D eigenvalue weighted by molar-refractivity contribution is 0.670. The quantitative estimate of drug-likeness (QED) is 0.155. The molecule has 11 aromatic carbocycles. The zero-order valence-electron chi connectivity index (χ0n) is 35.7. The van der Waals surface area contributed by atoms with Crippen molar-refractivity contribution in [2.24, 2.45) is 0 Å². The Hall–Kier alpha value is -8.44. The highest BCUT2D eigenvalue weighted by atomic mass is 32.1. The van der Waals surface area contributed by atoms with E-state index in [1.807, 2.05) is 11.3 Å². The third-order valence-electron chi connectivity index (χ3n) is 13.6. The maximum Gasteiger partial charge on any atom is 0.143 e. The summed E-state index contributed by atoms with van der Waals surface area (Å²) < 4.78 is 11.8. The van der Waals surface area contributed by atoms with Crippen molar-refractivity contribution in [2.45, 2.75) is 0 Å². The van der Waals surface area contributed by atoms with E-state index in [9.17, 15) is 0 Å². The summed E-state index contributed by atoms with van der Waals surface area (Å²) in [5, 5.41) is 12.1. The molecule has 4 heteroatoms. The molecule has 0 aliphatic carbocycles. The average molecular weight is 859 g/mol. The largest absolute Gasteiger partial charge is 0.455 e. The Labute approximate surface area is 384 Å². The number of para-hydroxylation sites is 3. The van der Waals surface area contributed by atoms with Crippen molar-refractivity contribution in [1.82, 2.24) is 4.57 Å². The van der Waals surface area contributed by atoms with Crippen molar-refractivity contribution >= 4 is 114 Å². The van der Waals surface area contributed by atoms with E-state index in [1.165, 1.54) is 69.1 Å². The van der Waals surface area contributed by atoms with Crippen molar-refractivity contribution in [3.05, 3.63) is 231 Å². The van der Waals surface area contributed by atoms with Crippen LogP contribution in [0.3, 0.4) is 0 Å². The first-order valence-electron chi connectivity index (χ1n) is 22.5. The SMILES string of the molecule is c1cc(-c2ccc3sc4ccccc4c3c2)cc(N(c2cc(-c3ccc(-n4c5ccccc5c5ccccc54)cc3)c3oc4ccccc4c3c2)c2cccc3c2ccc2ccccc23)c1. The molecule has 0 spiro atoms. The summed E-state index contributed by atoms with van der Waals surface area (Å²) in [6.07, 6.45) is 0. The lowest BCUT2D eigenvalue weighted by Crippen LogP contribution is -2.11. The first-order valence-corrected chi connectivity index (χ1v) is 23.3. The number of anilines is 3. The summed E-state index contributed by atoms with van der Waals surface area (Å²) >= 11 is 1.86. The van der Waals surface area contributed by atoms with Gasteiger partial charge in [-0.15, -0.1) is 11.3 Å². The van der Waals surface area contributed by atoms with Gasteiger partial charge in [0.2, 0.25) is 0 Å². The van der Waals surface area contributed by atoms with Crippen LogP contribution in [0.1, 0.15) is 0 Å². The predicted octanol–water partition coefficient (Wildman–Crippen LogP) is 18.2. The van der Waals surface area contributed by atoms with E-state index >= 15 is 0 Å². The third kappa shape index (κ3) is 5.69. The normalized spacial score (nSPS) is 11.9. The molecule has 3 heterocycles. The van der Waals surface area contributed by atoms with Crippen LogP contribution in [0.2, 0.25) is 0 Å². The van der Waals surface area contributed by atoms with Gasteiger partial charge in [0.25, 0.3) is 0 Å². The van der Waals surface area contributed by atoms with E-state index in [0.717, 1.165) is 61.4 Å². The number of thiophene rings is 1. The van der Waals surface area contributed by atoms with Crippen LogP contribution >= 0.6 is 11.3 Å². The van der Waals surface area contributed by atoms with Crippen LogP contribution in [0.25, 0.3) is 113 Å². The highest BCUT2D eigenvalue weighted by Crippen LogP contribution is 2.47. The first-order chi connectivity index (χ1) is 32.7. The number of rotatable bonds is 6. The molecule has 0 aliphatic rings. The number of hydrogen-bond donors (Lipinski definition) is 0. The van der Waals surface area contributed by atoms with E-state index in [-0.39, 0.29) is 0 Å². The molecular weight excluding hydrogens is 821 g/mol. The molecule has 0 fully saturated rings. The molecule has 308 valence electrons. The van der Waals surface area contributed by atoms with Crippen molar-refractivity contribution in [2.75, 3.05) is 4.90 Å². The van der Waals surface area contributed by atoms with Gasteiger partial charge in [0.05, 0.1) is 16.7 Å². The second-order valence-corrected chi connectivity index (χ2v) is 18.3. The highest BCUT2D eigenvalue weighted by Gasteiger charge is 2.22. The number of benzene rings is 11. The molecule has 0 bridgehead atoms. The number of fused-ring (bicyclic) bond motifs is 12. The second-order valence-electron chi connectivity index (χ2n) is 17.2. The lowest BCUT2D eigenvalue weighted by atomic mass is 9.97. The Kier molecular flexibility index (Phi) is 8.15. The Bertz CT molecular complexity index is 4190. The zero-order valence-corrected chi connectivity index (χ0v) is 36.5. The van der Waals surface area contributed by atoms with Gasteiger partial charge in [-0.05, 0) is 112 Å². The zero-order chi connectivity index (χ0) is 43.3. The molecule has 3 aromatic heterocycles. The molecule has 0 atom stereocenters. The molecule has 14 aromatic rings. The summed E-state index contributed by atoms with van der Waals surface area (Å²) in [6.45, 7) is 0. The summed E-state index contributed by atoms with van der Waals surface area (Å²) in [7, 11) is 0. The van der Waals surface area contributed by atoms with Crippen molar-refractivity contribution < 1.29 is 4.42 Å². The Morgan fingerprint density at radius 3 is 1.85 bits per heavy atom. The van der Waals surface area contributed by atoms with Crippen LogP contribution in [0.5, 0.6) is 0 Å². The fourth-order valence-electron chi connectivity index (χ4n) is 10.5. The highest BCUT2D eigenvalue weighted by molar-refractivity contribution is 7.25. The van der Waals surface area contributed by atoms with Crippen molar-refractivity contribution in [1.29, 1.82) is 0 Å². The predicted molar refractivity (Wildman–Crippen MR) is 282 cm³/mol. The molecule has 14 rings (SSSR count). The van der Waals surface area contributed by atoms with Gasteiger partial charge in [0.1, 0.15) is 11.2 Å². The van der Waals surface area contributed by atoms with Crippen molar-refractivity contribution in [3.63, 3.8) is 0 Å². The van der Waals surface area contributed by atoms with Gasteiger partial charge in [-0.3, -0.25) is 0 Å². The smallest absolute Gasteiger partial charge is 0.143 e. The Morgan fingerprint density at radius 2 is 1.02 bits per heavy atom. The van der Waals surface area contributed by atoms with Crippen LogP contribution in [-0.2, 0) is 0 Å². The molecule has 0 aliphatic heterocycles. The maximum atomic E-state index is 6.83. The van der Waals surface area contributed by atoms with E-state index in [2.05, 4.69) is 240 Å². The van der Waals surface area contributed by atoms with Gasteiger partial charge in [-0.1, -0.05) is 152 Å². The standard InChI is InChI=1S/C62H38N2OS/c1-2-16-46-39(13-1)29-33-50-47(46)21-12-24-56(50)63(44-15-11-14-41(35-44)42-30-34-61-54(36-42)52-20-6-10-26-60(52)66-61)45-37-53(62-55(38-45)51-19-5-9-25-59(51)65-62)40-27-31-43(32-28-40)64-57-22-7-3-17-48(57)49-18-4-8-23-58(49)64/h1-38H. The molecule has 66 heavy (non-hydrogen) atoms. The molecule has 0 amide bonds. The van der Waals surface area contributed by atoms with Gasteiger partial charge in [0.15, 0.2) is 0 Å². The summed E-state index contributed by atoms with van der Waals surface area (Å²) in [5.74, 6) is 0. The van der Waals surface area contributed by atoms with Crippen molar-refractivity contribution in [3.8, 4) is 27.9 Å². The Balaban J connectivity index is 0.997. The maximum absolute atomic E-state index is 6.83. The minimum absolute atomic E-state index is 0.870. The van der Waals surface area contributed by atoms with Crippen LogP contribution in [0, 0.1) is 0 Å². The lowest BCUT2D eigenvalue weighted by Gasteiger charge is -2.28. The number of nitrogens with zero attached hydrogens (tertiary/aromatic N) is 2. The van der Waals surface area contributed by atoms with E-state index < -0.39 is 0 Å². The average Bonchev–Trinajstić information content (AvgIpc) is 4.06. The summed E-state index contributed by atoms with van der Waals surface area (Å²) in [4.78, 5) is 2.45.